The lowest BCUT2D eigenvalue weighted by Crippen LogP contribution is -2.49. The second kappa shape index (κ2) is 6.93. The molecule has 2 aromatic rings. The van der Waals surface area contributed by atoms with Crippen molar-refractivity contribution in [3.63, 3.8) is 0 Å². The number of aromatic carboxylic acids is 1. The summed E-state index contributed by atoms with van der Waals surface area (Å²) < 4.78 is 0. The van der Waals surface area contributed by atoms with Gasteiger partial charge in [-0.15, -0.1) is 0 Å². The van der Waals surface area contributed by atoms with E-state index in [1.807, 2.05) is 24.3 Å². The predicted molar refractivity (Wildman–Crippen MR) is 92.6 cm³/mol. The van der Waals surface area contributed by atoms with E-state index in [4.69, 9.17) is 16.7 Å². The molecule has 1 fully saturated rings. The number of rotatable bonds is 4. The highest BCUT2D eigenvalue weighted by molar-refractivity contribution is 6.31. The lowest BCUT2D eigenvalue weighted by atomic mass is 10.1. The third-order valence-corrected chi connectivity index (χ3v) is 4.42. The number of hydrogen-bond donors (Lipinski definition) is 1. The minimum absolute atomic E-state index is 0.0933. The van der Waals surface area contributed by atoms with Crippen molar-refractivity contribution in [2.24, 2.45) is 0 Å². The molecule has 2 amide bonds. The maximum absolute atomic E-state index is 12.8. The Hall–Kier alpha value is -2.53. The number of carbonyl (C=O) groups excluding carboxylic acids is 1. The first-order valence-electron chi connectivity index (χ1n) is 7.69. The summed E-state index contributed by atoms with van der Waals surface area (Å²) in [5.41, 5.74) is 1.82. The number of anilines is 1. The van der Waals surface area contributed by atoms with Crippen molar-refractivity contribution in [2.75, 3.05) is 18.0 Å². The van der Waals surface area contributed by atoms with Crippen LogP contribution in [0.25, 0.3) is 0 Å². The Morgan fingerprint density at radius 1 is 1.08 bits per heavy atom. The number of halogens is 1. The molecule has 1 saturated heterocycles. The monoisotopic (exact) mass is 344 g/mol. The van der Waals surface area contributed by atoms with Crippen molar-refractivity contribution < 1.29 is 14.7 Å². The fraction of sp³-hybridized carbons (Fsp3) is 0.222. The molecule has 0 aromatic heterocycles. The SMILES string of the molecule is O=C(O)c1ccc(N2CCCN(Cc3ccccc3Cl)C2=O)cc1. The number of carboxylic acids is 1. The highest BCUT2D eigenvalue weighted by Crippen LogP contribution is 2.24. The highest BCUT2D eigenvalue weighted by atomic mass is 35.5. The summed E-state index contributed by atoms with van der Waals surface area (Å²) in [4.78, 5) is 27.1. The van der Waals surface area contributed by atoms with Crippen LogP contribution in [0.4, 0.5) is 10.5 Å². The van der Waals surface area contributed by atoms with E-state index in [0.29, 0.717) is 30.3 Å². The minimum atomic E-state index is -0.980. The first kappa shape index (κ1) is 16.3. The van der Waals surface area contributed by atoms with Gasteiger partial charge in [-0.3, -0.25) is 4.90 Å². The topological polar surface area (TPSA) is 60.9 Å². The third kappa shape index (κ3) is 3.36. The van der Waals surface area contributed by atoms with Gasteiger partial charge in [0.25, 0.3) is 0 Å². The van der Waals surface area contributed by atoms with Crippen molar-refractivity contribution in [1.29, 1.82) is 0 Å². The molecule has 0 bridgehead atoms. The van der Waals surface area contributed by atoms with Crippen LogP contribution in [0.3, 0.4) is 0 Å². The Morgan fingerprint density at radius 2 is 1.79 bits per heavy atom. The normalized spacial score (nSPS) is 14.8. The Morgan fingerprint density at radius 3 is 2.46 bits per heavy atom. The minimum Gasteiger partial charge on any atom is -0.478 e. The summed E-state index contributed by atoms with van der Waals surface area (Å²) in [6.07, 6.45) is 0.844. The molecule has 1 heterocycles. The second-order valence-corrected chi connectivity index (χ2v) is 6.06. The number of benzene rings is 2. The summed E-state index contributed by atoms with van der Waals surface area (Å²) in [6, 6.07) is 13.8. The summed E-state index contributed by atoms with van der Waals surface area (Å²) >= 11 is 6.18. The van der Waals surface area contributed by atoms with Crippen LogP contribution in [0, 0.1) is 0 Å². The van der Waals surface area contributed by atoms with Crippen LogP contribution in [0.1, 0.15) is 22.3 Å². The summed E-state index contributed by atoms with van der Waals surface area (Å²) in [6.45, 7) is 1.75. The molecule has 1 aliphatic rings. The van der Waals surface area contributed by atoms with Gasteiger partial charge in [-0.05, 0) is 42.3 Å². The van der Waals surface area contributed by atoms with E-state index >= 15 is 0 Å². The van der Waals surface area contributed by atoms with E-state index in [2.05, 4.69) is 0 Å². The van der Waals surface area contributed by atoms with Crippen molar-refractivity contribution in [2.45, 2.75) is 13.0 Å². The summed E-state index contributed by atoms with van der Waals surface area (Å²) in [5.74, 6) is -0.980. The Bertz CT molecular complexity index is 761. The van der Waals surface area contributed by atoms with Crippen LogP contribution in [0.5, 0.6) is 0 Å². The van der Waals surface area contributed by atoms with Gasteiger partial charge in [0.2, 0.25) is 0 Å². The molecule has 0 saturated carbocycles. The van der Waals surface area contributed by atoms with Crippen molar-refractivity contribution in [3.05, 3.63) is 64.7 Å². The fourth-order valence-electron chi connectivity index (χ4n) is 2.78. The molecule has 2 aromatic carbocycles. The number of nitrogens with zero attached hydrogens (tertiary/aromatic N) is 2. The van der Waals surface area contributed by atoms with Crippen LogP contribution in [0.15, 0.2) is 48.5 Å². The molecule has 0 unspecified atom stereocenters. The van der Waals surface area contributed by atoms with E-state index in [1.54, 1.807) is 21.9 Å². The smallest absolute Gasteiger partial charge is 0.335 e. The molecule has 3 rings (SSSR count). The van der Waals surface area contributed by atoms with Crippen LogP contribution >= 0.6 is 11.6 Å². The van der Waals surface area contributed by atoms with E-state index in [9.17, 15) is 9.59 Å². The number of carboxylic acid groups (broad SMARTS) is 1. The number of carbonyl (C=O) groups is 2. The van der Waals surface area contributed by atoms with Crippen LogP contribution in [0.2, 0.25) is 5.02 Å². The highest BCUT2D eigenvalue weighted by Gasteiger charge is 2.27. The average Bonchev–Trinajstić information content (AvgIpc) is 2.59. The molecular weight excluding hydrogens is 328 g/mol. The molecule has 124 valence electrons. The zero-order valence-corrected chi connectivity index (χ0v) is 13.7. The first-order valence-corrected chi connectivity index (χ1v) is 8.07. The van der Waals surface area contributed by atoms with E-state index in [1.165, 1.54) is 12.1 Å². The maximum Gasteiger partial charge on any atom is 0.335 e. The lowest BCUT2D eigenvalue weighted by molar-refractivity contribution is 0.0697. The van der Waals surface area contributed by atoms with Gasteiger partial charge in [0.05, 0.1) is 5.56 Å². The molecular formula is C18H17ClN2O3. The van der Waals surface area contributed by atoms with Gasteiger partial charge >= 0.3 is 12.0 Å². The standard InChI is InChI=1S/C18H17ClN2O3/c19-16-5-2-1-4-14(16)12-20-10-3-11-21(18(20)24)15-8-6-13(7-9-15)17(22)23/h1-2,4-9H,3,10-12H2,(H,22,23). The van der Waals surface area contributed by atoms with E-state index in [0.717, 1.165) is 12.0 Å². The Labute approximate surface area is 145 Å². The fourth-order valence-corrected chi connectivity index (χ4v) is 2.98. The quantitative estimate of drug-likeness (QED) is 0.915. The lowest BCUT2D eigenvalue weighted by Gasteiger charge is -2.35. The zero-order valence-electron chi connectivity index (χ0n) is 13.0. The molecule has 0 atom stereocenters. The predicted octanol–water partition coefficient (Wildman–Crippen LogP) is 3.87. The summed E-state index contributed by atoms with van der Waals surface area (Å²) in [5, 5.41) is 9.62. The molecule has 1 N–H and O–H groups in total. The number of amides is 2. The van der Waals surface area contributed by atoms with Gasteiger partial charge in [0.1, 0.15) is 0 Å². The number of urea groups is 1. The first-order chi connectivity index (χ1) is 11.6. The largest absolute Gasteiger partial charge is 0.478 e. The molecule has 0 aliphatic carbocycles. The van der Waals surface area contributed by atoms with E-state index < -0.39 is 5.97 Å². The average molecular weight is 345 g/mol. The Balaban J connectivity index is 1.77. The van der Waals surface area contributed by atoms with Crippen molar-refractivity contribution in [3.8, 4) is 0 Å². The van der Waals surface area contributed by atoms with Crippen molar-refractivity contribution >= 4 is 29.3 Å². The van der Waals surface area contributed by atoms with Gasteiger partial charge in [-0.2, -0.15) is 0 Å². The molecule has 6 heteroatoms. The molecule has 0 spiro atoms. The van der Waals surface area contributed by atoms with Gasteiger partial charge in [-0.1, -0.05) is 29.8 Å². The van der Waals surface area contributed by atoms with Gasteiger partial charge < -0.3 is 10.0 Å². The molecule has 0 radical (unpaired) electrons. The summed E-state index contributed by atoms with van der Waals surface area (Å²) in [7, 11) is 0. The second-order valence-electron chi connectivity index (χ2n) is 5.65. The van der Waals surface area contributed by atoms with Crippen LogP contribution < -0.4 is 4.90 Å². The Kier molecular flexibility index (Phi) is 4.71. The van der Waals surface area contributed by atoms with Crippen LogP contribution in [-0.2, 0) is 6.54 Å². The third-order valence-electron chi connectivity index (χ3n) is 4.06. The van der Waals surface area contributed by atoms with E-state index in [-0.39, 0.29) is 11.6 Å². The molecule has 24 heavy (non-hydrogen) atoms. The van der Waals surface area contributed by atoms with Crippen molar-refractivity contribution in [1.82, 2.24) is 4.90 Å². The van der Waals surface area contributed by atoms with Gasteiger partial charge in [-0.25, -0.2) is 9.59 Å². The number of hydrogen-bond acceptors (Lipinski definition) is 2. The van der Waals surface area contributed by atoms with Crippen LogP contribution in [-0.4, -0.2) is 35.1 Å². The van der Waals surface area contributed by atoms with Gasteiger partial charge in [0, 0.05) is 30.3 Å². The zero-order chi connectivity index (χ0) is 17.1. The molecule has 5 nitrogen and oxygen atoms in total. The maximum atomic E-state index is 12.8. The molecule has 1 aliphatic heterocycles. The van der Waals surface area contributed by atoms with Gasteiger partial charge in [0.15, 0.2) is 0 Å².